The van der Waals surface area contributed by atoms with Gasteiger partial charge in [0, 0.05) is 18.4 Å². The van der Waals surface area contributed by atoms with Crippen LogP contribution < -0.4 is 10.6 Å². The van der Waals surface area contributed by atoms with E-state index in [1.54, 1.807) is 6.07 Å². The van der Waals surface area contributed by atoms with E-state index < -0.39 is 5.97 Å². The average Bonchev–Trinajstić information content (AvgIpc) is 2.84. The Bertz CT molecular complexity index is 699. The minimum absolute atomic E-state index is 0.0107. The summed E-state index contributed by atoms with van der Waals surface area (Å²) < 4.78 is 0. The van der Waals surface area contributed by atoms with E-state index in [2.05, 4.69) is 15.6 Å². The molecule has 1 aliphatic heterocycles. The van der Waals surface area contributed by atoms with E-state index in [1.807, 2.05) is 24.3 Å². The lowest BCUT2D eigenvalue weighted by molar-refractivity contribution is -0.119. The highest BCUT2D eigenvalue weighted by Crippen LogP contribution is 2.24. The monoisotopic (exact) mass is 271 g/mol. The van der Waals surface area contributed by atoms with Gasteiger partial charge in [-0.3, -0.25) is 4.79 Å². The molecule has 2 heterocycles. The molecule has 1 unspecified atom stereocenters. The van der Waals surface area contributed by atoms with E-state index in [4.69, 9.17) is 5.11 Å². The van der Waals surface area contributed by atoms with Crippen LogP contribution in [-0.2, 0) is 4.79 Å². The molecule has 102 valence electrons. The van der Waals surface area contributed by atoms with Crippen LogP contribution in [0.15, 0.2) is 30.3 Å². The fourth-order valence-electron chi connectivity index (χ4n) is 2.32. The number of carbonyl (C=O) groups is 2. The van der Waals surface area contributed by atoms with Crippen molar-refractivity contribution in [1.82, 2.24) is 10.3 Å². The third-order valence-electron chi connectivity index (χ3n) is 3.28. The number of pyridine rings is 1. The van der Waals surface area contributed by atoms with Crippen LogP contribution in [0.1, 0.15) is 16.9 Å². The number of aromatic carboxylic acids is 1. The Morgan fingerprint density at radius 3 is 2.90 bits per heavy atom. The van der Waals surface area contributed by atoms with Gasteiger partial charge in [0.2, 0.25) is 5.91 Å². The van der Waals surface area contributed by atoms with Crippen LogP contribution in [0.5, 0.6) is 0 Å². The van der Waals surface area contributed by atoms with Gasteiger partial charge in [0.1, 0.15) is 5.82 Å². The SMILES string of the molecule is O=C1CC(Nc2nc(C(=O)O)cc3ccccc23)CN1. The fourth-order valence-corrected chi connectivity index (χ4v) is 2.32. The van der Waals surface area contributed by atoms with Gasteiger partial charge in [0.25, 0.3) is 0 Å². The third kappa shape index (κ3) is 2.27. The lowest BCUT2D eigenvalue weighted by atomic mass is 10.1. The minimum Gasteiger partial charge on any atom is -0.477 e. The zero-order valence-corrected chi connectivity index (χ0v) is 10.6. The van der Waals surface area contributed by atoms with Crippen molar-refractivity contribution in [3.63, 3.8) is 0 Å². The normalized spacial score (nSPS) is 18.0. The molecule has 1 aliphatic rings. The van der Waals surface area contributed by atoms with Crippen LogP contribution in [0.2, 0.25) is 0 Å². The molecular formula is C14H13N3O3. The highest BCUT2D eigenvalue weighted by Gasteiger charge is 2.22. The molecule has 1 amide bonds. The Kier molecular flexibility index (Phi) is 2.98. The van der Waals surface area contributed by atoms with E-state index in [-0.39, 0.29) is 17.6 Å². The number of benzene rings is 1. The summed E-state index contributed by atoms with van der Waals surface area (Å²) in [6.07, 6.45) is 0.368. The molecule has 2 aromatic rings. The van der Waals surface area contributed by atoms with Crippen LogP contribution in [0, 0.1) is 0 Å². The molecule has 1 aromatic heterocycles. The van der Waals surface area contributed by atoms with E-state index in [9.17, 15) is 9.59 Å². The molecule has 1 aromatic carbocycles. The van der Waals surface area contributed by atoms with E-state index >= 15 is 0 Å². The summed E-state index contributed by atoms with van der Waals surface area (Å²) in [4.78, 5) is 26.5. The molecule has 0 saturated carbocycles. The van der Waals surface area contributed by atoms with Gasteiger partial charge in [-0.1, -0.05) is 24.3 Å². The maximum Gasteiger partial charge on any atom is 0.354 e. The number of carboxylic acid groups (broad SMARTS) is 1. The quantitative estimate of drug-likeness (QED) is 0.781. The number of amides is 1. The first kappa shape index (κ1) is 12.4. The molecule has 6 nitrogen and oxygen atoms in total. The second kappa shape index (κ2) is 4.80. The molecule has 1 fully saturated rings. The molecule has 3 N–H and O–H groups in total. The summed E-state index contributed by atoms with van der Waals surface area (Å²) in [5, 5.41) is 16.6. The third-order valence-corrected chi connectivity index (χ3v) is 3.28. The standard InChI is InChI=1S/C14H13N3O3/c18-12-6-9(7-15-12)16-13-10-4-2-1-3-8(10)5-11(17-13)14(19)20/h1-5,9H,6-7H2,(H,15,18)(H,16,17)(H,19,20). The zero-order chi connectivity index (χ0) is 14.1. The van der Waals surface area contributed by atoms with Crippen LogP contribution >= 0.6 is 0 Å². The number of hydrogen-bond acceptors (Lipinski definition) is 4. The lowest BCUT2D eigenvalue weighted by Crippen LogP contribution is -2.23. The number of rotatable bonds is 3. The molecule has 0 aliphatic carbocycles. The molecule has 0 spiro atoms. The number of nitrogens with one attached hydrogen (secondary N) is 2. The smallest absolute Gasteiger partial charge is 0.354 e. The second-order valence-electron chi connectivity index (χ2n) is 4.73. The maximum absolute atomic E-state index is 11.2. The number of carbonyl (C=O) groups excluding carboxylic acids is 1. The van der Waals surface area contributed by atoms with Crippen LogP contribution in [0.3, 0.4) is 0 Å². The Balaban J connectivity index is 2.03. The van der Waals surface area contributed by atoms with E-state index in [0.29, 0.717) is 18.8 Å². The molecule has 6 heteroatoms. The highest BCUT2D eigenvalue weighted by molar-refractivity contribution is 5.98. The summed E-state index contributed by atoms with van der Waals surface area (Å²) in [5.74, 6) is -0.581. The summed E-state index contributed by atoms with van der Waals surface area (Å²) in [6.45, 7) is 0.520. The second-order valence-corrected chi connectivity index (χ2v) is 4.73. The van der Waals surface area contributed by atoms with Crippen molar-refractivity contribution in [3.8, 4) is 0 Å². The summed E-state index contributed by atoms with van der Waals surface area (Å²) in [7, 11) is 0. The Morgan fingerprint density at radius 2 is 2.20 bits per heavy atom. The van der Waals surface area contributed by atoms with Gasteiger partial charge in [-0.25, -0.2) is 9.78 Å². The Morgan fingerprint density at radius 1 is 1.40 bits per heavy atom. The molecule has 3 rings (SSSR count). The first-order chi connectivity index (χ1) is 9.63. The summed E-state index contributed by atoms with van der Waals surface area (Å²) in [6, 6.07) is 8.91. The van der Waals surface area contributed by atoms with Crippen molar-refractivity contribution in [3.05, 3.63) is 36.0 Å². The van der Waals surface area contributed by atoms with Crippen molar-refractivity contribution in [2.24, 2.45) is 0 Å². The number of fused-ring (bicyclic) bond motifs is 1. The molecular weight excluding hydrogens is 258 g/mol. The molecule has 0 bridgehead atoms. The Labute approximate surface area is 114 Å². The summed E-state index contributed by atoms with van der Waals surface area (Å²) in [5.41, 5.74) is -0.0107. The molecule has 0 radical (unpaired) electrons. The predicted molar refractivity (Wildman–Crippen MR) is 73.7 cm³/mol. The minimum atomic E-state index is -1.07. The highest BCUT2D eigenvalue weighted by atomic mass is 16.4. The maximum atomic E-state index is 11.2. The largest absolute Gasteiger partial charge is 0.477 e. The first-order valence-electron chi connectivity index (χ1n) is 6.30. The molecule has 1 atom stereocenters. The van der Waals surface area contributed by atoms with Crippen molar-refractivity contribution in [2.45, 2.75) is 12.5 Å². The van der Waals surface area contributed by atoms with Crippen molar-refractivity contribution < 1.29 is 14.7 Å². The summed E-state index contributed by atoms with van der Waals surface area (Å²) >= 11 is 0. The molecule has 20 heavy (non-hydrogen) atoms. The first-order valence-corrected chi connectivity index (χ1v) is 6.30. The van der Waals surface area contributed by atoms with Crippen molar-refractivity contribution >= 4 is 28.5 Å². The number of carboxylic acids is 1. The van der Waals surface area contributed by atoms with Crippen molar-refractivity contribution in [1.29, 1.82) is 0 Å². The van der Waals surface area contributed by atoms with E-state index in [1.165, 1.54) is 0 Å². The van der Waals surface area contributed by atoms with Gasteiger partial charge in [-0.05, 0) is 11.5 Å². The van der Waals surface area contributed by atoms with Crippen LogP contribution in [0.4, 0.5) is 5.82 Å². The average molecular weight is 271 g/mol. The van der Waals surface area contributed by atoms with Gasteiger partial charge >= 0.3 is 5.97 Å². The van der Waals surface area contributed by atoms with Crippen LogP contribution in [-0.4, -0.2) is 34.6 Å². The number of nitrogens with zero attached hydrogens (tertiary/aromatic N) is 1. The number of hydrogen-bond donors (Lipinski definition) is 3. The topological polar surface area (TPSA) is 91.3 Å². The van der Waals surface area contributed by atoms with Gasteiger partial charge in [-0.2, -0.15) is 0 Å². The lowest BCUT2D eigenvalue weighted by Gasteiger charge is -2.14. The van der Waals surface area contributed by atoms with Crippen LogP contribution in [0.25, 0.3) is 10.8 Å². The van der Waals surface area contributed by atoms with E-state index in [0.717, 1.165) is 10.8 Å². The predicted octanol–water partition coefficient (Wildman–Crippen LogP) is 1.23. The van der Waals surface area contributed by atoms with Gasteiger partial charge in [0.15, 0.2) is 5.69 Å². The van der Waals surface area contributed by atoms with Gasteiger partial charge in [-0.15, -0.1) is 0 Å². The number of aromatic nitrogens is 1. The number of anilines is 1. The van der Waals surface area contributed by atoms with Gasteiger partial charge in [0.05, 0.1) is 6.04 Å². The Hall–Kier alpha value is -2.63. The molecule has 1 saturated heterocycles. The fraction of sp³-hybridized carbons (Fsp3) is 0.214. The zero-order valence-electron chi connectivity index (χ0n) is 10.6. The van der Waals surface area contributed by atoms with Gasteiger partial charge < -0.3 is 15.7 Å². The van der Waals surface area contributed by atoms with Crippen molar-refractivity contribution in [2.75, 3.05) is 11.9 Å².